The molecular formula is C14H25NO. The van der Waals surface area contributed by atoms with E-state index in [0.717, 1.165) is 24.3 Å². The van der Waals surface area contributed by atoms with Gasteiger partial charge in [-0.3, -0.25) is 0 Å². The van der Waals surface area contributed by atoms with Crippen molar-refractivity contribution in [1.82, 2.24) is 5.32 Å². The molecule has 2 rings (SSSR count). The minimum atomic E-state index is -0.680. The third kappa shape index (κ3) is 2.18. The summed E-state index contributed by atoms with van der Waals surface area (Å²) in [6.07, 6.45) is 7.45. The molecule has 2 aliphatic carbocycles. The van der Waals surface area contributed by atoms with Gasteiger partial charge in [0.2, 0.25) is 0 Å². The lowest BCUT2D eigenvalue weighted by Gasteiger charge is -2.39. The Morgan fingerprint density at radius 1 is 1.19 bits per heavy atom. The topological polar surface area (TPSA) is 32.3 Å². The van der Waals surface area contributed by atoms with Gasteiger partial charge in [0, 0.05) is 5.54 Å². The van der Waals surface area contributed by atoms with Crippen molar-refractivity contribution in [3.8, 4) is 0 Å². The number of rotatable bonds is 4. The molecule has 2 N–H and O–H groups in total. The van der Waals surface area contributed by atoms with Crippen LogP contribution in [0.5, 0.6) is 0 Å². The molecule has 1 fully saturated rings. The first-order valence-corrected chi connectivity index (χ1v) is 6.45. The van der Waals surface area contributed by atoms with Crippen LogP contribution in [0.4, 0.5) is 0 Å². The summed E-state index contributed by atoms with van der Waals surface area (Å²) in [5.74, 6) is 2.40. The Balaban J connectivity index is 1.86. The molecule has 3 atom stereocenters. The molecule has 16 heavy (non-hydrogen) atoms. The average molecular weight is 223 g/mol. The molecule has 0 aliphatic heterocycles. The van der Waals surface area contributed by atoms with Gasteiger partial charge in [0.25, 0.3) is 0 Å². The Bertz CT molecular complexity index is 288. The number of aliphatic hydroxyl groups is 1. The highest BCUT2D eigenvalue weighted by atomic mass is 16.3. The van der Waals surface area contributed by atoms with Crippen molar-refractivity contribution in [1.29, 1.82) is 0 Å². The van der Waals surface area contributed by atoms with Crippen LogP contribution in [0.25, 0.3) is 0 Å². The fourth-order valence-electron chi connectivity index (χ4n) is 2.73. The maximum absolute atomic E-state index is 10.1. The first kappa shape index (κ1) is 12.1. The van der Waals surface area contributed by atoms with E-state index in [0.29, 0.717) is 0 Å². The number of allylic oxidation sites excluding steroid dienone is 2. The number of fused-ring (bicyclic) bond motifs is 2. The van der Waals surface area contributed by atoms with E-state index in [1.165, 1.54) is 12.8 Å². The van der Waals surface area contributed by atoms with Crippen LogP contribution in [0.1, 0.15) is 40.5 Å². The minimum Gasteiger partial charge on any atom is -0.389 e. The highest BCUT2D eigenvalue weighted by Crippen LogP contribution is 2.43. The van der Waals surface area contributed by atoms with Crippen molar-refractivity contribution >= 4 is 0 Å². The van der Waals surface area contributed by atoms with E-state index >= 15 is 0 Å². The van der Waals surface area contributed by atoms with Crippen LogP contribution in [-0.2, 0) is 0 Å². The van der Waals surface area contributed by atoms with Crippen LogP contribution in [0.15, 0.2) is 12.2 Å². The standard InChI is InChI=1S/C14H25NO/c1-13(2,14(3,4)16)15-9-12-8-10-5-6-11(12)7-10/h5-6,10-12,15-16H,7-9H2,1-4H3. The number of hydrogen-bond acceptors (Lipinski definition) is 2. The molecule has 2 bridgehead atoms. The van der Waals surface area contributed by atoms with E-state index in [1.807, 2.05) is 13.8 Å². The van der Waals surface area contributed by atoms with Gasteiger partial charge < -0.3 is 10.4 Å². The van der Waals surface area contributed by atoms with Crippen molar-refractivity contribution in [3.63, 3.8) is 0 Å². The molecule has 2 heteroatoms. The Morgan fingerprint density at radius 2 is 1.88 bits per heavy atom. The van der Waals surface area contributed by atoms with Crippen molar-refractivity contribution < 1.29 is 5.11 Å². The zero-order chi connectivity index (χ0) is 12.0. The largest absolute Gasteiger partial charge is 0.389 e. The van der Waals surface area contributed by atoms with E-state index in [1.54, 1.807) is 0 Å². The maximum Gasteiger partial charge on any atom is 0.0767 e. The lowest BCUT2D eigenvalue weighted by Crippen LogP contribution is -2.57. The highest BCUT2D eigenvalue weighted by molar-refractivity contribution is 5.10. The summed E-state index contributed by atoms with van der Waals surface area (Å²) in [5.41, 5.74) is -0.904. The van der Waals surface area contributed by atoms with Gasteiger partial charge in [-0.15, -0.1) is 0 Å². The Labute approximate surface area is 99.1 Å². The third-order valence-electron chi connectivity index (χ3n) is 4.75. The van der Waals surface area contributed by atoms with E-state index in [-0.39, 0.29) is 5.54 Å². The predicted octanol–water partition coefficient (Wildman–Crippen LogP) is 2.34. The number of nitrogens with one attached hydrogen (secondary N) is 1. The summed E-state index contributed by atoms with van der Waals surface area (Å²) in [5, 5.41) is 13.6. The molecule has 0 aromatic rings. The first-order valence-electron chi connectivity index (χ1n) is 6.45. The Morgan fingerprint density at radius 3 is 2.31 bits per heavy atom. The monoisotopic (exact) mass is 223 g/mol. The molecular weight excluding hydrogens is 198 g/mol. The summed E-state index contributed by atoms with van der Waals surface area (Å²) in [6, 6.07) is 0. The number of hydrogen-bond donors (Lipinski definition) is 2. The van der Waals surface area contributed by atoms with Gasteiger partial charge in [-0.05, 0) is 64.8 Å². The highest BCUT2D eigenvalue weighted by Gasteiger charge is 2.39. The summed E-state index contributed by atoms with van der Waals surface area (Å²) in [4.78, 5) is 0. The van der Waals surface area contributed by atoms with Gasteiger partial charge in [0.1, 0.15) is 0 Å². The van der Waals surface area contributed by atoms with Crippen LogP contribution in [0.2, 0.25) is 0 Å². The third-order valence-corrected chi connectivity index (χ3v) is 4.75. The predicted molar refractivity (Wildman–Crippen MR) is 67.2 cm³/mol. The van der Waals surface area contributed by atoms with Crippen LogP contribution in [0.3, 0.4) is 0 Å². The van der Waals surface area contributed by atoms with Crippen LogP contribution in [0, 0.1) is 17.8 Å². The molecule has 0 aromatic carbocycles. The van der Waals surface area contributed by atoms with E-state index in [2.05, 4.69) is 31.3 Å². The quantitative estimate of drug-likeness (QED) is 0.717. The molecule has 0 saturated heterocycles. The summed E-state index contributed by atoms with van der Waals surface area (Å²) in [6.45, 7) is 8.94. The van der Waals surface area contributed by atoms with E-state index in [4.69, 9.17) is 0 Å². The zero-order valence-corrected chi connectivity index (χ0v) is 11.0. The second-order valence-electron chi connectivity index (χ2n) is 6.61. The molecule has 92 valence electrons. The van der Waals surface area contributed by atoms with Crippen molar-refractivity contribution in [2.24, 2.45) is 17.8 Å². The second kappa shape index (κ2) is 3.85. The van der Waals surface area contributed by atoms with Gasteiger partial charge in [-0.1, -0.05) is 12.2 Å². The summed E-state index contributed by atoms with van der Waals surface area (Å²) in [7, 11) is 0. The Kier molecular flexibility index (Phi) is 2.92. The molecule has 3 unspecified atom stereocenters. The molecule has 0 spiro atoms. The van der Waals surface area contributed by atoms with Crippen molar-refractivity contribution in [3.05, 3.63) is 12.2 Å². The normalized spacial score (nSPS) is 33.7. The smallest absolute Gasteiger partial charge is 0.0767 e. The fourth-order valence-corrected chi connectivity index (χ4v) is 2.73. The van der Waals surface area contributed by atoms with E-state index < -0.39 is 5.60 Å². The van der Waals surface area contributed by atoms with Gasteiger partial charge in [-0.2, -0.15) is 0 Å². The molecule has 0 heterocycles. The van der Waals surface area contributed by atoms with Gasteiger partial charge in [0.15, 0.2) is 0 Å². The summed E-state index contributed by atoms with van der Waals surface area (Å²) >= 11 is 0. The lowest BCUT2D eigenvalue weighted by molar-refractivity contribution is -0.00651. The van der Waals surface area contributed by atoms with Gasteiger partial charge in [0.05, 0.1) is 5.60 Å². The van der Waals surface area contributed by atoms with Gasteiger partial charge in [-0.25, -0.2) is 0 Å². The van der Waals surface area contributed by atoms with E-state index in [9.17, 15) is 5.11 Å². The second-order valence-corrected chi connectivity index (χ2v) is 6.61. The molecule has 2 nitrogen and oxygen atoms in total. The Hall–Kier alpha value is -0.340. The van der Waals surface area contributed by atoms with Crippen LogP contribution in [-0.4, -0.2) is 22.8 Å². The zero-order valence-electron chi connectivity index (χ0n) is 11.0. The van der Waals surface area contributed by atoms with Gasteiger partial charge >= 0.3 is 0 Å². The molecule has 0 amide bonds. The summed E-state index contributed by atoms with van der Waals surface area (Å²) < 4.78 is 0. The fraction of sp³-hybridized carbons (Fsp3) is 0.857. The van der Waals surface area contributed by atoms with Crippen LogP contribution < -0.4 is 5.32 Å². The minimum absolute atomic E-state index is 0.224. The first-order chi connectivity index (χ1) is 7.29. The molecule has 1 saturated carbocycles. The molecule has 0 radical (unpaired) electrons. The lowest BCUT2D eigenvalue weighted by atomic mass is 9.84. The molecule has 0 aromatic heterocycles. The average Bonchev–Trinajstić information content (AvgIpc) is 2.73. The van der Waals surface area contributed by atoms with Crippen LogP contribution >= 0.6 is 0 Å². The SMILES string of the molecule is CC(C)(O)C(C)(C)NCC1CC2C=CC1C2. The van der Waals surface area contributed by atoms with Crippen molar-refractivity contribution in [2.45, 2.75) is 51.7 Å². The molecule has 2 aliphatic rings. The maximum atomic E-state index is 10.1. The van der Waals surface area contributed by atoms with Crippen molar-refractivity contribution in [2.75, 3.05) is 6.54 Å².